The molecule has 1 fully saturated rings. The van der Waals surface area contributed by atoms with Gasteiger partial charge in [0.2, 0.25) is 5.91 Å². The van der Waals surface area contributed by atoms with Gasteiger partial charge in [0, 0.05) is 37.2 Å². The fourth-order valence-electron chi connectivity index (χ4n) is 2.36. The largest absolute Gasteiger partial charge is 0.354 e. The third kappa shape index (κ3) is 4.97. The van der Waals surface area contributed by atoms with Crippen LogP contribution in [0.2, 0.25) is 0 Å². The lowest BCUT2D eigenvalue weighted by molar-refractivity contribution is -0.125. The van der Waals surface area contributed by atoms with Gasteiger partial charge in [-0.15, -0.1) is 0 Å². The van der Waals surface area contributed by atoms with Crippen LogP contribution in [0.4, 0.5) is 8.78 Å². The number of carbonyl (C=O) groups excluding carboxylic acids is 1. The summed E-state index contributed by atoms with van der Waals surface area (Å²) in [6.45, 7) is 4.13. The third-order valence-electron chi connectivity index (χ3n) is 3.61. The molecular weight excluding hydrogens is 294 g/mol. The smallest absolute Gasteiger partial charge is 0.237 e. The van der Waals surface area contributed by atoms with Gasteiger partial charge in [-0.2, -0.15) is 11.8 Å². The first kappa shape index (κ1) is 16.2. The number of rotatable bonds is 5. The molecule has 0 aliphatic carbocycles. The molecule has 1 atom stereocenters. The monoisotopic (exact) mass is 314 g/mol. The zero-order valence-corrected chi connectivity index (χ0v) is 12.9. The molecule has 0 aromatic heterocycles. The van der Waals surface area contributed by atoms with E-state index in [-0.39, 0.29) is 11.9 Å². The molecule has 21 heavy (non-hydrogen) atoms. The second kappa shape index (κ2) is 7.75. The number of amides is 1. The molecule has 1 aliphatic rings. The number of nitrogens with one attached hydrogen (secondary N) is 1. The summed E-state index contributed by atoms with van der Waals surface area (Å²) in [5, 5.41) is 2.83. The average molecular weight is 314 g/mol. The fraction of sp³-hybridized carbons (Fsp3) is 0.533. The SMILES string of the molecule is C[C@@H](C(=O)NCCc1cc(F)cc(F)c1)N1CCSCC1. The van der Waals surface area contributed by atoms with Crippen LogP contribution in [0.3, 0.4) is 0 Å². The van der Waals surface area contributed by atoms with Crippen LogP contribution >= 0.6 is 11.8 Å². The van der Waals surface area contributed by atoms with Gasteiger partial charge >= 0.3 is 0 Å². The number of halogens is 2. The molecule has 1 saturated heterocycles. The molecule has 2 rings (SSSR count). The van der Waals surface area contributed by atoms with Gasteiger partial charge in [-0.1, -0.05) is 0 Å². The van der Waals surface area contributed by atoms with Gasteiger partial charge in [-0.05, 0) is 31.0 Å². The molecule has 1 aromatic carbocycles. The minimum Gasteiger partial charge on any atom is -0.354 e. The van der Waals surface area contributed by atoms with Crippen LogP contribution < -0.4 is 5.32 Å². The van der Waals surface area contributed by atoms with E-state index < -0.39 is 11.6 Å². The molecule has 0 saturated carbocycles. The lowest BCUT2D eigenvalue weighted by Gasteiger charge is -2.31. The Morgan fingerprint density at radius 1 is 1.29 bits per heavy atom. The molecule has 0 spiro atoms. The van der Waals surface area contributed by atoms with E-state index in [1.165, 1.54) is 12.1 Å². The molecular formula is C15H20F2N2OS. The minimum atomic E-state index is -0.587. The Balaban J connectivity index is 1.78. The summed E-state index contributed by atoms with van der Waals surface area (Å²) >= 11 is 1.90. The molecule has 1 aromatic rings. The highest BCUT2D eigenvalue weighted by atomic mass is 32.2. The van der Waals surface area contributed by atoms with Crippen molar-refractivity contribution in [3.8, 4) is 0 Å². The Hall–Kier alpha value is -1.14. The Bertz CT molecular complexity index is 472. The van der Waals surface area contributed by atoms with Crippen LogP contribution in [0.15, 0.2) is 18.2 Å². The van der Waals surface area contributed by atoms with Crippen molar-refractivity contribution in [2.45, 2.75) is 19.4 Å². The number of carbonyl (C=O) groups is 1. The van der Waals surface area contributed by atoms with E-state index in [4.69, 9.17) is 0 Å². The summed E-state index contributed by atoms with van der Waals surface area (Å²) in [4.78, 5) is 14.2. The highest BCUT2D eigenvalue weighted by Gasteiger charge is 2.22. The quantitative estimate of drug-likeness (QED) is 0.903. The van der Waals surface area contributed by atoms with Gasteiger partial charge in [0.15, 0.2) is 0 Å². The molecule has 6 heteroatoms. The standard InChI is InChI=1S/C15H20F2N2OS/c1-11(19-4-6-21-7-5-19)15(20)18-3-2-12-8-13(16)10-14(17)9-12/h8-11H,2-7H2,1H3,(H,18,20)/t11-/m0/s1. The number of benzene rings is 1. The number of hydrogen-bond donors (Lipinski definition) is 1. The van der Waals surface area contributed by atoms with Gasteiger partial charge in [0.05, 0.1) is 6.04 Å². The summed E-state index contributed by atoms with van der Waals surface area (Å²) in [7, 11) is 0. The van der Waals surface area contributed by atoms with Crippen molar-refractivity contribution in [3.05, 3.63) is 35.4 Å². The van der Waals surface area contributed by atoms with E-state index in [2.05, 4.69) is 10.2 Å². The number of hydrogen-bond acceptors (Lipinski definition) is 3. The zero-order chi connectivity index (χ0) is 15.2. The maximum Gasteiger partial charge on any atom is 0.237 e. The van der Waals surface area contributed by atoms with E-state index in [0.717, 1.165) is 30.7 Å². The van der Waals surface area contributed by atoms with Crippen molar-refractivity contribution in [1.29, 1.82) is 0 Å². The van der Waals surface area contributed by atoms with Gasteiger partial charge < -0.3 is 5.32 Å². The van der Waals surface area contributed by atoms with Gasteiger partial charge in [-0.3, -0.25) is 9.69 Å². The van der Waals surface area contributed by atoms with Crippen molar-refractivity contribution >= 4 is 17.7 Å². The Morgan fingerprint density at radius 2 is 1.90 bits per heavy atom. The molecule has 0 bridgehead atoms. The van der Waals surface area contributed by atoms with Gasteiger partial charge in [-0.25, -0.2) is 8.78 Å². The minimum absolute atomic E-state index is 0.0289. The molecule has 116 valence electrons. The van der Waals surface area contributed by atoms with Gasteiger partial charge in [0.1, 0.15) is 11.6 Å². The highest BCUT2D eigenvalue weighted by molar-refractivity contribution is 7.99. The third-order valence-corrected chi connectivity index (χ3v) is 4.55. The van der Waals surface area contributed by atoms with Crippen molar-refractivity contribution in [2.24, 2.45) is 0 Å². The van der Waals surface area contributed by atoms with Crippen LogP contribution in [0.1, 0.15) is 12.5 Å². The number of nitrogens with zero attached hydrogens (tertiary/aromatic N) is 1. The summed E-state index contributed by atoms with van der Waals surface area (Å²) < 4.78 is 26.1. The first-order valence-corrected chi connectivity index (χ1v) is 8.26. The van der Waals surface area contributed by atoms with Crippen molar-refractivity contribution in [1.82, 2.24) is 10.2 Å². The molecule has 1 heterocycles. The van der Waals surface area contributed by atoms with E-state index >= 15 is 0 Å². The van der Waals surface area contributed by atoms with E-state index in [1.807, 2.05) is 18.7 Å². The summed E-state index contributed by atoms with van der Waals surface area (Å²) in [5.41, 5.74) is 0.551. The summed E-state index contributed by atoms with van der Waals surface area (Å²) in [6, 6.07) is 3.27. The summed E-state index contributed by atoms with van der Waals surface area (Å²) in [5.74, 6) is 0.908. The first-order chi connectivity index (χ1) is 10.1. The molecule has 0 unspecified atom stereocenters. The Morgan fingerprint density at radius 3 is 2.52 bits per heavy atom. The fourth-order valence-corrected chi connectivity index (χ4v) is 3.29. The maximum atomic E-state index is 13.0. The van der Waals surface area contributed by atoms with Crippen molar-refractivity contribution in [3.63, 3.8) is 0 Å². The Kier molecular flexibility index (Phi) is 5.99. The first-order valence-electron chi connectivity index (χ1n) is 7.11. The number of thioether (sulfide) groups is 1. The molecule has 1 amide bonds. The van der Waals surface area contributed by atoms with E-state index in [1.54, 1.807) is 0 Å². The average Bonchev–Trinajstić information content (AvgIpc) is 2.46. The molecule has 1 aliphatic heterocycles. The predicted octanol–water partition coefficient (Wildman–Crippen LogP) is 2.06. The van der Waals surface area contributed by atoms with Gasteiger partial charge in [0.25, 0.3) is 0 Å². The maximum absolute atomic E-state index is 13.0. The lowest BCUT2D eigenvalue weighted by Crippen LogP contribution is -2.48. The molecule has 1 N–H and O–H groups in total. The van der Waals surface area contributed by atoms with Crippen molar-refractivity contribution in [2.75, 3.05) is 31.1 Å². The van der Waals surface area contributed by atoms with Crippen LogP contribution in [-0.2, 0) is 11.2 Å². The zero-order valence-electron chi connectivity index (χ0n) is 12.1. The topological polar surface area (TPSA) is 32.3 Å². The van der Waals surface area contributed by atoms with Crippen LogP contribution in [0.25, 0.3) is 0 Å². The molecule has 3 nitrogen and oxygen atoms in total. The van der Waals surface area contributed by atoms with E-state index in [0.29, 0.717) is 18.5 Å². The lowest BCUT2D eigenvalue weighted by atomic mass is 10.1. The second-order valence-electron chi connectivity index (χ2n) is 5.14. The normalized spacial score (nSPS) is 17.5. The van der Waals surface area contributed by atoms with Crippen LogP contribution in [0, 0.1) is 11.6 Å². The summed E-state index contributed by atoms with van der Waals surface area (Å²) in [6.07, 6.45) is 0.420. The van der Waals surface area contributed by atoms with Crippen LogP contribution in [-0.4, -0.2) is 48.0 Å². The predicted molar refractivity (Wildman–Crippen MR) is 81.4 cm³/mol. The molecule has 0 radical (unpaired) electrons. The van der Waals surface area contributed by atoms with E-state index in [9.17, 15) is 13.6 Å². The van der Waals surface area contributed by atoms with Crippen molar-refractivity contribution < 1.29 is 13.6 Å². The highest BCUT2D eigenvalue weighted by Crippen LogP contribution is 2.12. The second-order valence-corrected chi connectivity index (χ2v) is 6.37. The Labute approximate surface area is 128 Å². The van der Waals surface area contributed by atoms with Crippen LogP contribution in [0.5, 0.6) is 0 Å².